The second-order valence-electron chi connectivity index (χ2n) is 4.83. The van der Waals surface area contributed by atoms with Gasteiger partial charge in [0.05, 0.1) is 17.7 Å². The van der Waals surface area contributed by atoms with Crippen molar-refractivity contribution in [1.29, 1.82) is 0 Å². The van der Waals surface area contributed by atoms with Crippen LogP contribution in [0.5, 0.6) is 0 Å². The van der Waals surface area contributed by atoms with Gasteiger partial charge >= 0.3 is 0 Å². The molecule has 0 saturated heterocycles. The molecule has 0 aliphatic carbocycles. The van der Waals surface area contributed by atoms with Crippen LogP contribution in [0.3, 0.4) is 0 Å². The van der Waals surface area contributed by atoms with E-state index in [0.29, 0.717) is 12.2 Å². The first-order chi connectivity index (χ1) is 9.65. The molecule has 20 heavy (non-hydrogen) atoms. The van der Waals surface area contributed by atoms with Crippen LogP contribution in [0, 0.1) is 0 Å². The molecular formula is C16H18N2O2. The first-order valence-corrected chi connectivity index (χ1v) is 6.43. The van der Waals surface area contributed by atoms with Crippen molar-refractivity contribution in [3.63, 3.8) is 0 Å². The summed E-state index contributed by atoms with van der Waals surface area (Å²) in [5.41, 5.74) is 0.952. The Balaban J connectivity index is 2.24. The lowest BCUT2D eigenvalue weighted by molar-refractivity contribution is 0.0785. The van der Waals surface area contributed by atoms with E-state index in [2.05, 4.69) is 10.3 Å². The van der Waals surface area contributed by atoms with Crippen LogP contribution in [0.4, 0.5) is 0 Å². The predicted molar refractivity (Wildman–Crippen MR) is 77.4 cm³/mol. The Hall–Kier alpha value is -2.20. The number of pyridine rings is 1. The van der Waals surface area contributed by atoms with Crippen LogP contribution < -0.4 is 5.32 Å². The minimum Gasteiger partial charge on any atom is -0.382 e. The summed E-state index contributed by atoms with van der Waals surface area (Å²) in [6.07, 6.45) is 3.19. The van der Waals surface area contributed by atoms with Gasteiger partial charge < -0.3 is 10.1 Å². The molecule has 1 atom stereocenters. The second-order valence-corrected chi connectivity index (χ2v) is 4.83. The molecule has 0 aliphatic rings. The minimum atomic E-state index is -0.580. The first kappa shape index (κ1) is 14.2. The highest BCUT2D eigenvalue weighted by Gasteiger charge is 2.28. The third-order valence-electron chi connectivity index (χ3n) is 3.16. The van der Waals surface area contributed by atoms with Crippen molar-refractivity contribution < 1.29 is 9.53 Å². The highest BCUT2D eigenvalue weighted by atomic mass is 16.5. The normalized spacial score (nSPS) is 13.5. The summed E-state index contributed by atoms with van der Waals surface area (Å²) in [5.74, 6) is -0.165. The summed E-state index contributed by atoms with van der Waals surface area (Å²) >= 11 is 0. The molecule has 0 saturated carbocycles. The molecule has 0 unspecified atom stereocenters. The number of nitrogens with zero attached hydrogens (tertiary/aromatic N) is 1. The molecule has 0 aliphatic heterocycles. The number of hydrogen-bond donors (Lipinski definition) is 1. The van der Waals surface area contributed by atoms with Gasteiger partial charge in [0.1, 0.15) is 0 Å². The number of hydrogen-bond acceptors (Lipinski definition) is 3. The smallest absolute Gasteiger partial charge is 0.253 e. The van der Waals surface area contributed by atoms with Gasteiger partial charge in [-0.3, -0.25) is 9.78 Å². The molecule has 4 nitrogen and oxygen atoms in total. The molecule has 0 bridgehead atoms. The first-order valence-electron chi connectivity index (χ1n) is 6.43. The summed E-state index contributed by atoms with van der Waals surface area (Å²) in [4.78, 5) is 16.3. The van der Waals surface area contributed by atoms with Crippen molar-refractivity contribution >= 4 is 5.91 Å². The Morgan fingerprint density at radius 2 is 2.00 bits per heavy atom. The maximum absolute atomic E-state index is 12.3. The molecule has 0 radical (unpaired) electrons. The highest BCUT2D eigenvalue weighted by molar-refractivity contribution is 5.94. The molecule has 0 spiro atoms. The van der Waals surface area contributed by atoms with E-state index in [0.717, 1.165) is 5.56 Å². The van der Waals surface area contributed by atoms with E-state index >= 15 is 0 Å². The van der Waals surface area contributed by atoms with Gasteiger partial charge in [-0.25, -0.2) is 0 Å². The highest BCUT2D eigenvalue weighted by Crippen LogP contribution is 2.21. The maximum atomic E-state index is 12.3. The number of ether oxygens (including phenoxy) is 1. The molecule has 1 aromatic carbocycles. The summed E-state index contributed by atoms with van der Waals surface area (Å²) < 4.78 is 5.27. The Labute approximate surface area is 118 Å². The van der Waals surface area contributed by atoms with Gasteiger partial charge in [0.25, 0.3) is 5.91 Å². The van der Waals surface area contributed by atoms with Gasteiger partial charge in [-0.05, 0) is 24.6 Å². The number of methoxy groups -OCH3 is 1. The quantitative estimate of drug-likeness (QED) is 0.907. The van der Waals surface area contributed by atoms with Crippen molar-refractivity contribution in [2.24, 2.45) is 0 Å². The van der Waals surface area contributed by atoms with E-state index in [1.54, 1.807) is 31.6 Å². The number of benzene rings is 1. The van der Waals surface area contributed by atoms with Crippen molar-refractivity contribution in [2.75, 3.05) is 13.7 Å². The number of rotatable bonds is 5. The zero-order chi connectivity index (χ0) is 14.4. The SMILES string of the molecule is COC[C@](C)(NC(=O)c1cccnc1)c1ccccc1. The van der Waals surface area contributed by atoms with E-state index in [1.165, 1.54) is 0 Å². The topological polar surface area (TPSA) is 51.2 Å². The summed E-state index contributed by atoms with van der Waals surface area (Å²) in [7, 11) is 1.62. The van der Waals surface area contributed by atoms with Crippen LogP contribution in [-0.4, -0.2) is 24.6 Å². The predicted octanol–water partition coefficient (Wildman–Crippen LogP) is 2.37. The zero-order valence-corrected chi connectivity index (χ0v) is 11.7. The number of carbonyl (C=O) groups is 1. The molecule has 2 aromatic rings. The molecular weight excluding hydrogens is 252 g/mol. The lowest BCUT2D eigenvalue weighted by Gasteiger charge is -2.30. The monoisotopic (exact) mass is 270 g/mol. The minimum absolute atomic E-state index is 0.165. The molecule has 2 rings (SSSR count). The second kappa shape index (κ2) is 6.30. The molecule has 1 aromatic heterocycles. The van der Waals surface area contributed by atoms with E-state index in [1.807, 2.05) is 37.3 Å². The fourth-order valence-corrected chi connectivity index (χ4v) is 2.11. The lowest BCUT2D eigenvalue weighted by atomic mass is 9.92. The van der Waals surface area contributed by atoms with E-state index in [-0.39, 0.29) is 5.91 Å². The molecule has 4 heteroatoms. The van der Waals surface area contributed by atoms with Crippen molar-refractivity contribution in [3.05, 3.63) is 66.0 Å². The third kappa shape index (κ3) is 3.22. The fraction of sp³-hybridized carbons (Fsp3) is 0.250. The average Bonchev–Trinajstić information content (AvgIpc) is 2.49. The van der Waals surface area contributed by atoms with Gasteiger partial charge in [0, 0.05) is 19.5 Å². The Kier molecular flexibility index (Phi) is 4.48. The number of aromatic nitrogens is 1. The van der Waals surface area contributed by atoms with Gasteiger partial charge in [-0.1, -0.05) is 30.3 Å². The summed E-state index contributed by atoms with van der Waals surface area (Å²) in [5, 5.41) is 3.02. The number of amides is 1. The van der Waals surface area contributed by atoms with E-state index in [4.69, 9.17) is 4.74 Å². The molecule has 0 fully saturated rings. The average molecular weight is 270 g/mol. The lowest BCUT2D eigenvalue weighted by Crippen LogP contribution is -2.46. The molecule has 104 valence electrons. The van der Waals surface area contributed by atoms with Gasteiger partial charge in [0.15, 0.2) is 0 Å². The van der Waals surface area contributed by atoms with Crippen molar-refractivity contribution in [3.8, 4) is 0 Å². The zero-order valence-electron chi connectivity index (χ0n) is 11.7. The summed E-state index contributed by atoms with van der Waals surface area (Å²) in [6.45, 7) is 2.34. The Morgan fingerprint density at radius 1 is 1.25 bits per heavy atom. The van der Waals surface area contributed by atoms with Crippen LogP contribution in [-0.2, 0) is 10.3 Å². The van der Waals surface area contributed by atoms with Crippen LogP contribution in [0.25, 0.3) is 0 Å². The maximum Gasteiger partial charge on any atom is 0.253 e. The van der Waals surface area contributed by atoms with Gasteiger partial charge in [-0.2, -0.15) is 0 Å². The molecule has 1 heterocycles. The summed E-state index contributed by atoms with van der Waals surface area (Å²) in [6, 6.07) is 13.3. The van der Waals surface area contributed by atoms with Crippen LogP contribution >= 0.6 is 0 Å². The van der Waals surface area contributed by atoms with Crippen LogP contribution in [0.2, 0.25) is 0 Å². The Bertz CT molecular complexity index is 557. The number of carbonyl (C=O) groups excluding carboxylic acids is 1. The van der Waals surface area contributed by atoms with Gasteiger partial charge in [0.2, 0.25) is 0 Å². The third-order valence-corrected chi connectivity index (χ3v) is 3.16. The molecule has 1 amide bonds. The van der Waals surface area contributed by atoms with E-state index < -0.39 is 5.54 Å². The van der Waals surface area contributed by atoms with Crippen LogP contribution in [0.15, 0.2) is 54.9 Å². The fourth-order valence-electron chi connectivity index (χ4n) is 2.11. The van der Waals surface area contributed by atoms with Crippen molar-refractivity contribution in [1.82, 2.24) is 10.3 Å². The van der Waals surface area contributed by atoms with Gasteiger partial charge in [-0.15, -0.1) is 0 Å². The molecule has 1 N–H and O–H groups in total. The standard InChI is InChI=1S/C16H18N2O2/c1-16(12-20-2,14-8-4-3-5-9-14)18-15(19)13-7-6-10-17-11-13/h3-11H,12H2,1-2H3,(H,18,19)/t16-/m0/s1. The van der Waals surface area contributed by atoms with Crippen molar-refractivity contribution in [2.45, 2.75) is 12.5 Å². The Morgan fingerprint density at radius 3 is 2.60 bits per heavy atom. The number of nitrogens with one attached hydrogen (secondary N) is 1. The largest absolute Gasteiger partial charge is 0.382 e. The van der Waals surface area contributed by atoms with E-state index in [9.17, 15) is 4.79 Å². The van der Waals surface area contributed by atoms with Crippen LogP contribution in [0.1, 0.15) is 22.8 Å².